The smallest absolute Gasteiger partial charge is 0.324 e. The Labute approximate surface area is 125 Å². The number of aryl methyl sites for hydroxylation is 1. The Kier molecular flexibility index (Phi) is 4.51. The Bertz CT molecular complexity index is 513. The third-order valence-corrected chi connectivity index (χ3v) is 3.96. The van der Waals surface area contributed by atoms with E-state index in [1.165, 1.54) is 0 Å². The van der Waals surface area contributed by atoms with Crippen LogP contribution in [-0.2, 0) is 0 Å². The van der Waals surface area contributed by atoms with Crippen molar-refractivity contribution in [3.63, 3.8) is 0 Å². The highest BCUT2D eigenvalue weighted by atomic mass is 16.3. The van der Waals surface area contributed by atoms with Crippen LogP contribution in [0.3, 0.4) is 0 Å². The van der Waals surface area contributed by atoms with Crippen LogP contribution in [0.15, 0.2) is 0 Å². The lowest BCUT2D eigenvalue weighted by molar-refractivity contribution is 0.0648. The van der Waals surface area contributed by atoms with E-state index >= 15 is 0 Å². The van der Waals surface area contributed by atoms with Crippen LogP contribution in [-0.4, -0.2) is 50.5 Å². The fourth-order valence-electron chi connectivity index (χ4n) is 2.74. The lowest BCUT2D eigenvalue weighted by Gasteiger charge is -2.38. The van der Waals surface area contributed by atoms with Gasteiger partial charge in [0.05, 0.1) is 6.61 Å². The summed E-state index contributed by atoms with van der Waals surface area (Å²) in [6.45, 7) is 9.25. The quantitative estimate of drug-likeness (QED) is 0.890. The molecule has 0 aromatic carbocycles. The minimum atomic E-state index is -0.212. The minimum Gasteiger partial charge on any atom is -0.396 e. The van der Waals surface area contributed by atoms with Crippen LogP contribution >= 0.6 is 0 Å². The summed E-state index contributed by atoms with van der Waals surface area (Å²) in [7, 11) is 0. The molecule has 2 N–H and O–H groups in total. The molecule has 2 heterocycles. The number of urea groups is 1. The maximum absolute atomic E-state index is 12.3. The molecule has 0 saturated carbocycles. The first kappa shape index (κ1) is 15.8. The van der Waals surface area contributed by atoms with Gasteiger partial charge in [0.25, 0.3) is 0 Å². The Morgan fingerprint density at radius 2 is 2.24 bits per heavy atom. The normalized spacial score (nSPS) is 22.7. The molecule has 0 aliphatic carbocycles. The molecule has 2 amide bonds. The van der Waals surface area contributed by atoms with E-state index in [1.54, 1.807) is 9.58 Å². The highest BCUT2D eigenvalue weighted by Gasteiger charge is 2.32. The molecule has 1 atom stereocenters. The Balaban J connectivity index is 2.03. The van der Waals surface area contributed by atoms with Crippen molar-refractivity contribution in [1.29, 1.82) is 0 Å². The standard InChI is InChI=1S/C14H25N5O2/c1-10(2)19-11(3)15-12(17-19)16-13(21)18-7-5-6-14(4,8-18)9-20/h10,20H,5-9H2,1-4H3,(H,16,17,21)/t14-/m1/s1. The fourth-order valence-corrected chi connectivity index (χ4v) is 2.74. The number of aliphatic hydroxyl groups excluding tert-OH is 1. The third kappa shape index (κ3) is 3.53. The Morgan fingerprint density at radius 1 is 1.52 bits per heavy atom. The summed E-state index contributed by atoms with van der Waals surface area (Å²) in [5.41, 5.74) is -0.212. The summed E-state index contributed by atoms with van der Waals surface area (Å²) in [6, 6.07) is 0.00565. The second-order valence-corrected chi connectivity index (χ2v) is 6.44. The SMILES string of the molecule is Cc1nc(NC(=O)N2CCC[C@@](C)(CO)C2)nn1C(C)C. The van der Waals surface area contributed by atoms with Gasteiger partial charge in [-0.1, -0.05) is 6.92 Å². The molecule has 0 radical (unpaired) electrons. The molecule has 118 valence electrons. The lowest BCUT2D eigenvalue weighted by Crippen LogP contribution is -2.48. The number of anilines is 1. The number of aromatic nitrogens is 3. The molecule has 0 spiro atoms. The van der Waals surface area contributed by atoms with E-state index in [1.807, 2.05) is 27.7 Å². The molecule has 7 nitrogen and oxygen atoms in total. The van der Waals surface area contributed by atoms with Crippen LogP contribution in [0, 0.1) is 12.3 Å². The van der Waals surface area contributed by atoms with Gasteiger partial charge >= 0.3 is 6.03 Å². The number of rotatable bonds is 3. The number of hydrogen-bond donors (Lipinski definition) is 2. The van der Waals surface area contributed by atoms with E-state index in [2.05, 4.69) is 15.4 Å². The molecule has 1 aliphatic heterocycles. The summed E-state index contributed by atoms with van der Waals surface area (Å²) in [5.74, 6) is 1.11. The highest BCUT2D eigenvalue weighted by Crippen LogP contribution is 2.28. The van der Waals surface area contributed by atoms with Crippen molar-refractivity contribution in [2.45, 2.75) is 46.6 Å². The van der Waals surface area contributed by atoms with Gasteiger partial charge in [0, 0.05) is 24.5 Å². The number of amides is 2. The van der Waals surface area contributed by atoms with Crippen molar-refractivity contribution >= 4 is 12.0 Å². The molecule has 1 fully saturated rings. The number of carbonyl (C=O) groups is 1. The molecule has 0 unspecified atom stereocenters. The van der Waals surface area contributed by atoms with Crippen LogP contribution in [0.1, 0.15) is 45.5 Å². The van der Waals surface area contributed by atoms with E-state index < -0.39 is 0 Å². The number of nitrogens with one attached hydrogen (secondary N) is 1. The molecule has 1 aromatic rings. The van der Waals surface area contributed by atoms with Crippen LogP contribution in [0.5, 0.6) is 0 Å². The number of hydrogen-bond acceptors (Lipinski definition) is 4. The molecule has 21 heavy (non-hydrogen) atoms. The van der Waals surface area contributed by atoms with Gasteiger partial charge in [0.1, 0.15) is 5.82 Å². The number of piperidine rings is 1. The molecular formula is C14H25N5O2. The van der Waals surface area contributed by atoms with Crippen molar-refractivity contribution in [2.24, 2.45) is 5.41 Å². The predicted molar refractivity (Wildman–Crippen MR) is 80.2 cm³/mol. The zero-order valence-electron chi connectivity index (χ0n) is 13.3. The van der Waals surface area contributed by atoms with Crippen LogP contribution in [0.4, 0.5) is 10.7 Å². The summed E-state index contributed by atoms with van der Waals surface area (Å²) in [4.78, 5) is 18.3. The predicted octanol–water partition coefficient (Wildman–Crippen LogP) is 1.79. The molecule has 0 bridgehead atoms. The first-order valence-electron chi connectivity index (χ1n) is 7.44. The van der Waals surface area contributed by atoms with Crippen molar-refractivity contribution in [3.8, 4) is 0 Å². The van der Waals surface area contributed by atoms with Gasteiger partial charge < -0.3 is 10.0 Å². The van der Waals surface area contributed by atoms with Gasteiger partial charge in [-0.2, -0.15) is 4.98 Å². The highest BCUT2D eigenvalue weighted by molar-refractivity contribution is 5.87. The van der Waals surface area contributed by atoms with E-state index in [-0.39, 0.29) is 24.1 Å². The summed E-state index contributed by atoms with van der Waals surface area (Å²) >= 11 is 0. The molecular weight excluding hydrogens is 270 g/mol. The van der Waals surface area contributed by atoms with Crippen molar-refractivity contribution < 1.29 is 9.90 Å². The Morgan fingerprint density at radius 3 is 2.81 bits per heavy atom. The van der Waals surface area contributed by atoms with Gasteiger partial charge in [-0.25, -0.2) is 9.48 Å². The number of aliphatic hydroxyl groups is 1. The second-order valence-electron chi connectivity index (χ2n) is 6.44. The van der Waals surface area contributed by atoms with Crippen LogP contribution < -0.4 is 5.32 Å². The number of likely N-dealkylation sites (tertiary alicyclic amines) is 1. The largest absolute Gasteiger partial charge is 0.396 e. The van der Waals surface area contributed by atoms with E-state index in [0.717, 1.165) is 18.7 Å². The molecule has 7 heteroatoms. The monoisotopic (exact) mass is 295 g/mol. The number of carbonyl (C=O) groups excluding carboxylic acids is 1. The molecule has 1 aromatic heterocycles. The van der Waals surface area contributed by atoms with Crippen LogP contribution in [0.25, 0.3) is 0 Å². The van der Waals surface area contributed by atoms with Gasteiger partial charge in [-0.15, -0.1) is 5.10 Å². The first-order valence-corrected chi connectivity index (χ1v) is 7.44. The first-order chi connectivity index (χ1) is 9.84. The van der Waals surface area contributed by atoms with E-state index in [0.29, 0.717) is 19.0 Å². The topological polar surface area (TPSA) is 83.3 Å². The maximum Gasteiger partial charge on any atom is 0.324 e. The van der Waals surface area contributed by atoms with Gasteiger partial charge in [-0.3, -0.25) is 5.32 Å². The summed E-state index contributed by atoms with van der Waals surface area (Å²) in [6.07, 6.45) is 1.84. The van der Waals surface area contributed by atoms with Crippen molar-refractivity contribution in [3.05, 3.63) is 5.82 Å². The summed E-state index contributed by atoms with van der Waals surface area (Å²) in [5, 5.41) is 16.5. The summed E-state index contributed by atoms with van der Waals surface area (Å²) < 4.78 is 1.78. The number of nitrogens with zero attached hydrogens (tertiary/aromatic N) is 4. The van der Waals surface area contributed by atoms with E-state index in [4.69, 9.17) is 0 Å². The second kappa shape index (κ2) is 6.01. The average molecular weight is 295 g/mol. The van der Waals surface area contributed by atoms with Gasteiger partial charge in [0.15, 0.2) is 0 Å². The maximum atomic E-state index is 12.3. The zero-order valence-corrected chi connectivity index (χ0v) is 13.3. The van der Waals surface area contributed by atoms with E-state index in [9.17, 15) is 9.90 Å². The Hall–Kier alpha value is -1.63. The average Bonchev–Trinajstić information content (AvgIpc) is 2.80. The van der Waals surface area contributed by atoms with Crippen LogP contribution in [0.2, 0.25) is 0 Å². The van der Waals surface area contributed by atoms with Gasteiger partial charge in [0.2, 0.25) is 5.95 Å². The lowest BCUT2D eigenvalue weighted by atomic mass is 9.83. The van der Waals surface area contributed by atoms with Crippen molar-refractivity contribution in [2.75, 3.05) is 25.0 Å². The van der Waals surface area contributed by atoms with Crippen molar-refractivity contribution in [1.82, 2.24) is 19.7 Å². The minimum absolute atomic E-state index is 0.0934. The molecule has 1 saturated heterocycles. The van der Waals surface area contributed by atoms with Gasteiger partial charge in [-0.05, 0) is 33.6 Å². The zero-order chi connectivity index (χ0) is 15.6. The fraction of sp³-hybridized carbons (Fsp3) is 0.786. The molecule has 2 rings (SSSR count). The molecule has 1 aliphatic rings. The third-order valence-electron chi connectivity index (χ3n) is 3.96.